The normalized spacial score (nSPS) is 17.8. The molecule has 0 radical (unpaired) electrons. The number of unbranched alkanes of at least 4 members (excludes halogenated alkanes) is 6. The number of fused-ring (bicyclic) bond motifs is 1. The first kappa shape index (κ1) is 36.4. The molecule has 4 heterocycles. The molecule has 1 aliphatic heterocycles. The zero-order valence-corrected chi connectivity index (χ0v) is 33.9. The molecule has 3 nitrogen and oxygen atoms in total. The number of nitrogens with zero attached hydrogens (tertiary/aromatic N) is 2. The fraction of sp³-hybridized carbons (Fsp3) is 0.304. The second-order valence-corrected chi connectivity index (χ2v) is 18.3. The van der Waals surface area contributed by atoms with E-state index in [4.69, 9.17) is 17.6 Å². The summed E-state index contributed by atoms with van der Waals surface area (Å²) in [6, 6.07) is 33.0. The van der Waals surface area contributed by atoms with Crippen LogP contribution >= 0.6 is 47.1 Å². The van der Waals surface area contributed by atoms with Gasteiger partial charge in [-0.15, -0.1) is 34.4 Å². The first-order chi connectivity index (χ1) is 26.0. The van der Waals surface area contributed by atoms with Crippen LogP contribution in [0.2, 0.25) is 0 Å². The third kappa shape index (κ3) is 7.30. The van der Waals surface area contributed by atoms with Crippen LogP contribution in [-0.4, -0.2) is 25.8 Å². The zero-order chi connectivity index (χ0) is 36.4. The van der Waals surface area contributed by atoms with Crippen LogP contribution in [0.4, 0.5) is 0 Å². The lowest BCUT2D eigenvalue weighted by molar-refractivity contribution is -0.104. The lowest BCUT2D eigenvalue weighted by atomic mass is 10.0. The average Bonchev–Trinajstić information content (AvgIpc) is 3.59. The first-order valence-electron chi connectivity index (χ1n) is 19.2. The smallest absolute Gasteiger partial charge is 0.147 e. The minimum Gasteiger partial charge on any atom is -0.298 e. The van der Waals surface area contributed by atoms with E-state index in [1.165, 1.54) is 92.5 Å². The summed E-state index contributed by atoms with van der Waals surface area (Å²) in [6.45, 7) is 4.56. The van der Waals surface area contributed by atoms with Gasteiger partial charge in [0.05, 0.1) is 15.8 Å². The number of hydrogen-bond donors (Lipinski definition) is 1. The van der Waals surface area contributed by atoms with Gasteiger partial charge in [0.15, 0.2) is 0 Å². The van der Waals surface area contributed by atoms with Gasteiger partial charge in [0.2, 0.25) is 0 Å². The number of aryl methyl sites for hydroxylation is 2. The van der Waals surface area contributed by atoms with Gasteiger partial charge in [0, 0.05) is 46.5 Å². The van der Waals surface area contributed by atoms with Crippen LogP contribution in [0.25, 0.3) is 53.2 Å². The SMILES string of the molecule is CCCCCCc1cc(-c2sc(C3=CC(S)C4(C=C4C=O)S3)cc2CCCCCC)sc1-c1ccc(-c2nc3ccccc3n2-c2ccccc2)cc1. The Morgan fingerprint density at radius 3 is 2.09 bits per heavy atom. The van der Waals surface area contributed by atoms with Gasteiger partial charge < -0.3 is 0 Å². The predicted molar refractivity (Wildman–Crippen MR) is 234 cm³/mol. The lowest BCUT2D eigenvalue weighted by Gasteiger charge is -2.13. The van der Waals surface area contributed by atoms with Gasteiger partial charge in [-0.25, -0.2) is 4.98 Å². The van der Waals surface area contributed by atoms with E-state index in [1.54, 1.807) is 0 Å². The maximum atomic E-state index is 11.7. The van der Waals surface area contributed by atoms with E-state index in [1.807, 2.05) is 34.4 Å². The Hall–Kier alpha value is -3.62. The van der Waals surface area contributed by atoms with E-state index in [0.717, 1.165) is 52.8 Å². The summed E-state index contributed by atoms with van der Waals surface area (Å²) in [4.78, 5) is 23.5. The summed E-state index contributed by atoms with van der Waals surface area (Å²) in [5, 5.41) is 0.0384. The van der Waals surface area contributed by atoms with E-state index in [2.05, 4.69) is 122 Å². The number of thiol groups is 1. The highest BCUT2D eigenvalue weighted by molar-refractivity contribution is 8.11. The van der Waals surface area contributed by atoms with Gasteiger partial charge in [-0.3, -0.25) is 9.36 Å². The van der Waals surface area contributed by atoms with Gasteiger partial charge >= 0.3 is 0 Å². The Kier molecular flexibility index (Phi) is 11.0. The second-order valence-electron chi connectivity index (χ2n) is 14.3. The Bertz CT molecular complexity index is 2290. The molecule has 1 spiro atoms. The van der Waals surface area contributed by atoms with Crippen molar-refractivity contribution in [1.29, 1.82) is 0 Å². The van der Waals surface area contributed by atoms with Gasteiger partial charge in [0.25, 0.3) is 0 Å². The molecule has 3 aromatic carbocycles. The van der Waals surface area contributed by atoms with E-state index >= 15 is 0 Å². The first-order valence-corrected chi connectivity index (χ1v) is 22.2. The lowest BCUT2D eigenvalue weighted by Crippen LogP contribution is -2.17. The van der Waals surface area contributed by atoms with Crippen molar-refractivity contribution in [1.82, 2.24) is 9.55 Å². The summed E-state index contributed by atoms with van der Waals surface area (Å²) in [5.41, 5.74) is 9.40. The van der Waals surface area contributed by atoms with E-state index in [-0.39, 0.29) is 10.00 Å². The van der Waals surface area contributed by atoms with Crippen molar-refractivity contribution in [3.63, 3.8) is 0 Å². The van der Waals surface area contributed by atoms with Crippen molar-refractivity contribution in [2.24, 2.45) is 0 Å². The molecule has 0 saturated carbocycles. The van der Waals surface area contributed by atoms with E-state index in [0.29, 0.717) is 0 Å². The van der Waals surface area contributed by atoms with Crippen LogP contribution in [0.1, 0.15) is 81.2 Å². The summed E-state index contributed by atoms with van der Waals surface area (Å²) >= 11 is 10.6. The number of thioether (sulfide) groups is 1. The Labute approximate surface area is 331 Å². The molecule has 8 rings (SSSR count). The molecule has 0 fully saturated rings. The van der Waals surface area contributed by atoms with Gasteiger partial charge in [0.1, 0.15) is 12.1 Å². The van der Waals surface area contributed by atoms with Crippen molar-refractivity contribution in [3.05, 3.63) is 125 Å². The van der Waals surface area contributed by atoms with Crippen LogP contribution in [-0.2, 0) is 17.6 Å². The maximum absolute atomic E-state index is 11.7. The number of thiophene rings is 2. The third-order valence-electron chi connectivity index (χ3n) is 10.6. The average molecular weight is 771 g/mol. The third-order valence-corrected chi connectivity index (χ3v) is 15.6. The summed E-state index contributed by atoms with van der Waals surface area (Å²) in [6.07, 6.45) is 17.5. The number of carbonyl (C=O) groups is 1. The molecular formula is C46H46N2OS4. The molecule has 0 bridgehead atoms. The van der Waals surface area contributed by atoms with Gasteiger partial charge in [-0.2, -0.15) is 12.6 Å². The minimum absolute atomic E-state index is 0.0384. The molecule has 7 heteroatoms. The van der Waals surface area contributed by atoms with Crippen LogP contribution in [0.3, 0.4) is 0 Å². The van der Waals surface area contributed by atoms with Crippen molar-refractivity contribution in [2.75, 3.05) is 0 Å². The highest BCUT2D eigenvalue weighted by Crippen LogP contribution is 2.61. The number of carbonyl (C=O) groups excluding carboxylic acids is 1. The maximum Gasteiger partial charge on any atom is 0.147 e. The monoisotopic (exact) mass is 770 g/mol. The number of benzene rings is 3. The molecule has 1 aliphatic carbocycles. The molecule has 3 aromatic heterocycles. The fourth-order valence-electron chi connectivity index (χ4n) is 7.57. The molecule has 2 atom stereocenters. The highest BCUT2D eigenvalue weighted by atomic mass is 32.2. The number of hydrogen-bond acceptors (Lipinski definition) is 6. The molecule has 6 aromatic rings. The Balaban J connectivity index is 1.15. The van der Waals surface area contributed by atoms with Crippen LogP contribution in [0, 0.1) is 0 Å². The van der Waals surface area contributed by atoms with Crippen LogP contribution in [0.15, 0.2) is 109 Å². The molecule has 0 amide bonds. The molecular weight excluding hydrogens is 725 g/mol. The summed E-state index contributed by atoms with van der Waals surface area (Å²) < 4.78 is 2.03. The highest BCUT2D eigenvalue weighted by Gasteiger charge is 2.53. The molecule has 2 aliphatic rings. The molecule has 270 valence electrons. The van der Waals surface area contributed by atoms with Crippen molar-refractivity contribution < 1.29 is 4.79 Å². The predicted octanol–water partition coefficient (Wildman–Crippen LogP) is 13.7. The number of para-hydroxylation sites is 3. The van der Waals surface area contributed by atoms with Gasteiger partial charge in [-0.1, -0.05) is 119 Å². The number of aldehydes is 1. The van der Waals surface area contributed by atoms with Crippen molar-refractivity contribution >= 4 is 69.3 Å². The number of aromatic nitrogens is 2. The topological polar surface area (TPSA) is 34.9 Å². The number of imidazole rings is 1. The Morgan fingerprint density at radius 1 is 0.755 bits per heavy atom. The minimum atomic E-state index is -0.245. The zero-order valence-electron chi connectivity index (χ0n) is 30.5. The Morgan fingerprint density at radius 2 is 1.40 bits per heavy atom. The molecule has 0 N–H and O–H groups in total. The second kappa shape index (κ2) is 16.0. The standard InChI is InChI=1S/C46H46N2OS4/c1-3-5-7-10-16-33-27-41(44-34(17-11-8-6-4-2)26-39(51-44)40-28-42(50)46(53-40)29-35(46)30-49)52-43(33)31-22-24-32(25-23-31)45-47-37-20-14-15-21-38(37)48(45)36-18-12-9-13-19-36/h9,12-15,18-30,42,50H,3-8,10-11,16-17H2,1-2H3. The quantitative estimate of drug-likeness (QED) is 0.0605. The summed E-state index contributed by atoms with van der Waals surface area (Å²) in [5.74, 6) is 0.959. The summed E-state index contributed by atoms with van der Waals surface area (Å²) in [7, 11) is 0. The van der Waals surface area contributed by atoms with Crippen LogP contribution < -0.4 is 0 Å². The fourth-order valence-corrected chi connectivity index (χ4v) is 12.2. The largest absolute Gasteiger partial charge is 0.298 e. The molecule has 53 heavy (non-hydrogen) atoms. The molecule has 2 unspecified atom stereocenters. The van der Waals surface area contributed by atoms with Crippen LogP contribution in [0.5, 0.6) is 0 Å². The van der Waals surface area contributed by atoms with Gasteiger partial charge in [-0.05, 0) is 78.8 Å². The van der Waals surface area contributed by atoms with E-state index in [9.17, 15) is 4.79 Å². The number of rotatable bonds is 16. The van der Waals surface area contributed by atoms with Crippen molar-refractivity contribution in [3.8, 4) is 37.3 Å². The van der Waals surface area contributed by atoms with Crippen molar-refractivity contribution in [2.45, 2.75) is 88.1 Å². The van der Waals surface area contributed by atoms with E-state index < -0.39 is 0 Å². The molecule has 0 saturated heterocycles.